The van der Waals surface area contributed by atoms with Gasteiger partial charge < -0.3 is 11.1 Å². The van der Waals surface area contributed by atoms with Crippen molar-refractivity contribution in [2.75, 3.05) is 11.1 Å². The summed E-state index contributed by atoms with van der Waals surface area (Å²) in [4.78, 5) is 4.25. The van der Waals surface area contributed by atoms with Gasteiger partial charge in [-0.05, 0) is 24.1 Å². The van der Waals surface area contributed by atoms with Gasteiger partial charge in [0.2, 0.25) is 0 Å². The van der Waals surface area contributed by atoms with E-state index in [2.05, 4.69) is 40.6 Å². The van der Waals surface area contributed by atoms with Gasteiger partial charge in [0, 0.05) is 12.0 Å². The third-order valence-corrected chi connectivity index (χ3v) is 3.14. The molecule has 3 heteroatoms. The fraction of sp³-hybridized carbons (Fsp3) is 0.214. The molecule has 0 aliphatic heterocycles. The Bertz CT molecular complexity index is 493. The number of aromatic nitrogens is 1. The summed E-state index contributed by atoms with van der Waals surface area (Å²) in [6.45, 7) is 0. The molecule has 1 aromatic carbocycles. The number of benzene rings is 1. The van der Waals surface area contributed by atoms with Crippen molar-refractivity contribution in [3.63, 3.8) is 0 Å². The Hall–Kier alpha value is -2.03. The number of pyridine rings is 1. The van der Waals surface area contributed by atoms with Gasteiger partial charge in [0.1, 0.15) is 5.82 Å². The predicted molar refractivity (Wildman–Crippen MR) is 69.9 cm³/mol. The molecule has 2 unspecified atom stereocenters. The molecular weight excluding hydrogens is 210 g/mol. The van der Waals surface area contributed by atoms with E-state index in [-0.39, 0.29) is 0 Å². The standard InChI is InChI=1S/C14H15N3/c15-11-6-7-14(16-9-11)17-13-8-12(13)10-4-2-1-3-5-10/h1-7,9,12-13H,8,15H2,(H,16,17). The number of hydrogen-bond acceptors (Lipinski definition) is 3. The second-order valence-corrected chi connectivity index (χ2v) is 4.48. The maximum absolute atomic E-state index is 5.60. The van der Waals surface area contributed by atoms with Crippen LogP contribution in [0, 0.1) is 0 Å². The smallest absolute Gasteiger partial charge is 0.126 e. The molecule has 0 radical (unpaired) electrons. The first-order valence-electron chi connectivity index (χ1n) is 5.86. The maximum Gasteiger partial charge on any atom is 0.126 e. The number of anilines is 2. The van der Waals surface area contributed by atoms with Crippen LogP contribution >= 0.6 is 0 Å². The zero-order valence-electron chi connectivity index (χ0n) is 9.51. The Morgan fingerprint density at radius 3 is 2.65 bits per heavy atom. The first-order valence-corrected chi connectivity index (χ1v) is 5.86. The van der Waals surface area contributed by atoms with Crippen molar-refractivity contribution < 1.29 is 0 Å². The molecule has 1 saturated carbocycles. The number of nitrogens with two attached hydrogens (primary N) is 1. The molecule has 86 valence electrons. The Morgan fingerprint density at radius 1 is 1.12 bits per heavy atom. The molecule has 0 saturated heterocycles. The van der Waals surface area contributed by atoms with Crippen LogP contribution in [0.15, 0.2) is 48.7 Å². The lowest BCUT2D eigenvalue weighted by molar-refractivity contribution is 1.03. The van der Waals surface area contributed by atoms with E-state index in [4.69, 9.17) is 5.73 Å². The van der Waals surface area contributed by atoms with E-state index in [9.17, 15) is 0 Å². The highest BCUT2D eigenvalue weighted by Crippen LogP contribution is 2.42. The van der Waals surface area contributed by atoms with E-state index in [0.29, 0.717) is 17.6 Å². The molecule has 1 fully saturated rings. The van der Waals surface area contributed by atoms with Gasteiger partial charge in [0.25, 0.3) is 0 Å². The topological polar surface area (TPSA) is 50.9 Å². The van der Waals surface area contributed by atoms with Crippen LogP contribution in [0.2, 0.25) is 0 Å². The lowest BCUT2D eigenvalue weighted by Crippen LogP contribution is -2.05. The maximum atomic E-state index is 5.60. The summed E-state index contributed by atoms with van der Waals surface area (Å²) in [5.74, 6) is 1.53. The molecule has 1 aliphatic carbocycles. The Morgan fingerprint density at radius 2 is 1.94 bits per heavy atom. The molecule has 2 atom stereocenters. The van der Waals surface area contributed by atoms with Crippen LogP contribution in [0.1, 0.15) is 17.9 Å². The van der Waals surface area contributed by atoms with Crippen LogP contribution in [-0.2, 0) is 0 Å². The number of rotatable bonds is 3. The summed E-state index contributed by atoms with van der Waals surface area (Å²) < 4.78 is 0. The van der Waals surface area contributed by atoms with Crippen molar-refractivity contribution in [1.29, 1.82) is 0 Å². The third-order valence-electron chi connectivity index (χ3n) is 3.14. The summed E-state index contributed by atoms with van der Waals surface area (Å²) in [6.07, 6.45) is 2.86. The molecule has 0 amide bonds. The van der Waals surface area contributed by atoms with Gasteiger partial charge in [-0.3, -0.25) is 0 Å². The SMILES string of the molecule is Nc1ccc(NC2CC2c2ccccc2)nc1. The van der Waals surface area contributed by atoms with Crippen molar-refractivity contribution in [3.8, 4) is 0 Å². The van der Waals surface area contributed by atoms with Gasteiger partial charge in [-0.2, -0.15) is 0 Å². The van der Waals surface area contributed by atoms with Gasteiger partial charge in [-0.15, -0.1) is 0 Å². The average Bonchev–Trinajstić information content (AvgIpc) is 3.13. The second-order valence-electron chi connectivity index (χ2n) is 4.48. The van der Waals surface area contributed by atoms with Crippen molar-refractivity contribution >= 4 is 11.5 Å². The van der Waals surface area contributed by atoms with Gasteiger partial charge in [0.15, 0.2) is 0 Å². The Balaban J connectivity index is 1.64. The highest BCUT2D eigenvalue weighted by atomic mass is 15.0. The minimum absolute atomic E-state index is 0.508. The van der Waals surface area contributed by atoms with Crippen LogP contribution in [-0.4, -0.2) is 11.0 Å². The van der Waals surface area contributed by atoms with Crippen LogP contribution in [0.25, 0.3) is 0 Å². The molecule has 0 spiro atoms. The zero-order chi connectivity index (χ0) is 11.7. The Labute approximate surface area is 101 Å². The Kier molecular flexibility index (Phi) is 2.44. The first kappa shape index (κ1) is 10.1. The van der Waals surface area contributed by atoms with E-state index in [1.165, 1.54) is 12.0 Å². The number of nitrogens with one attached hydrogen (secondary N) is 1. The molecule has 17 heavy (non-hydrogen) atoms. The minimum atomic E-state index is 0.508. The molecule has 1 aromatic heterocycles. The van der Waals surface area contributed by atoms with Crippen molar-refractivity contribution in [2.45, 2.75) is 18.4 Å². The quantitative estimate of drug-likeness (QED) is 0.844. The fourth-order valence-electron chi connectivity index (χ4n) is 2.10. The number of nitrogens with zero attached hydrogens (tertiary/aromatic N) is 1. The highest BCUT2D eigenvalue weighted by Gasteiger charge is 2.38. The molecular formula is C14H15N3. The molecule has 1 aliphatic rings. The molecule has 3 rings (SSSR count). The molecule has 2 aromatic rings. The van der Waals surface area contributed by atoms with Crippen LogP contribution in [0.4, 0.5) is 11.5 Å². The zero-order valence-corrected chi connectivity index (χ0v) is 9.51. The molecule has 0 bridgehead atoms. The van der Waals surface area contributed by atoms with Gasteiger partial charge in [-0.1, -0.05) is 30.3 Å². The third kappa shape index (κ3) is 2.23. The summed E-state index contributed by atoms with van der Waals surface area (Å²) >= 11 is 0. The summed E-state index contributed by atoms with van der Waals surface area (Å²) in [7, 11) is 0. The summed E-state index contributed by atoms with van der Waals surface area (Å²) in [5.41, 5.74) is 7.70. The predicted octanol–water partition coefficient (Wildman–Crippen LogP) is 2.63. The molecule has 3 nitrogen and oxygen atoms in total. The fourth-order valence-corrected chi connectivity index (χ4v) is 2.10. The van der Waals surface area contributed by atoms with Crippen molar-refractivity contribution in [1.82, 2.24) is 4.98 Å². The number of nitrogen functional groups attached to an aromatic ring is 1. The first-order chi connectivity index (χ1) is 8.33. The van der Waals surface area contributed by atoms with Crippen molar-refractivity contribution in [2.24, 2.45) is 0 Å². The van der Waals surface area contributed by atoms with E-state index in [1.54, 1.807) is 6.20 Å². The largest absolute Gasteiger partial charge is 0.397 e. The lowest BCUT2D eigenvalue weighted by atomic mass is 10.1. The van der Waals surface area contributed by atoms with E-state index in [0.717, 1.165) is 5.82 Å². The lowest BCUT2D eigenvalue weighted by Gasteiger charge is -2.05. The molecule has 3 N–H and O–H groups in total. The number of hydrogen-bond donors (Lipinski definition) is 2. The van der Waals surface area contributed by atoms with Crippen LogP contribution < -0.4 is 11.1 Å². The molecule has 1 heterocycles. The van der Waals surface area contributed by atoms with E-state index in [1.807, 2.05) is 12.1 Å². The van der Waals surface area contributed by atoms with Gasteiger partial charge in [0.05, 0.1) is 11.9 Å². The monoisotopic (exact) mass is 225 g/mol. The summed E-state index contributed by atoms with van der Waals surface area (Å²) in [5, 5.41) is 3.42. The minimum Gasteiger partial charge on any atom is -0.397 e. The van der Waals surface area contributed by atoms with E-state index >= 15 is 0 Å². The van der Waals surface area contributed by atoms with E-state index < -0.39 is 0 Å². The summed E-state index contributed by atoms with van der Waals surface area (Å²) in [6, 6.07) is 14.9. The van der Waals surface area contributed by atoms with Gasteiger partial charge in [-0.25, -0.2) is 4.98 Å². The van der Waals surface area contributed by atoms with Crippen LogP contribution in [0.5, 0.6) is 0 Å². The average molecular weight is 225 g/mol. The van der Waals surface area contributed by atoms with Gasteiger partial charge >= 0.3 is 0 Å². The normalized spacial score (nSPS) is 22.1. The van der Waals surface area contributed by atoms with Crippen LogP contribution in [0.3, 0.4) is 0 Å². The van der Waals surface area contributed by atoms with Crippen molar-refractivity contribution in [3.05, 3.63) is 54.2 Å². The second kappa shape index (κ2) is 4.09. The highest BCUT2D eigenvalue weighted by molar-refractivity contribution is 5.46.